The molecule has 0 atom stereocenters. The summed E-state index contributed by atoms with van der Waals surface area (Å²) in [7, 11) is -3.53. The van der Waals surface area contributed by atoms with Crippen LogP contribution >= 0.6 is 0 Å². The Morgan fingerprint density at radius 1 is 1.00 bits per heavy atom. The Hall–Kier alpha value is -2.25. The topological polar surface area (TPSA) is 75.3 Å². The van der Waals surface area contributed by atoms with Gasteiger partial charge in [0, 0.05) is 18.7 Å². The van der Waals surface area contributed by atoms with E-state index < -0.39 is 10.0 Å². The third kappa shape index (κ3) is 5.65. The molecule has 134 valence electrons. The molecule has 0 fully saturated rings. The highest BCUT2D eigenvalue weighted by molar-refractivity contribution is 7.89. The SMILES string of the molecule is CCCNS(=O)(=O)c1ccc(C(=O)NCCc2ccc(F)cc2)cc1. The van der Waals surface area contributed by atoms with E-state index in [9.17, 15) is 17.6 Å². The smallest absolute Gasteiger partial charge is 0.251 e. The first kappa shape index (κ1) is 19.1. The average molecular weight is 364 g/mol. The number of carbonyl (C=O) groups excluding carboxylic acids is 1. The zero-order chi connectivity index (χ0) is 18.3. The molecular weight excluding hydrogens is 343 g/mol. The van der Waals surface area contributed by atoms with Crippen molar-refractivity contribution in [3.63, 3.8) is 0 Å². The van der Waals surface area contributed by atoms with Crippen molar-refractivity contribution in [2.45, 2.75) is 24.7 Å². The van der Waals surface area contributed by atoms with Crippen LogP contribution in [0.3, 0.4) is 0 Å². The van der Waals surface area contributed by atoms with Gasteiger partial charge in [-0.05, 0) is 54.8 Å². The first-order valence-corrected chi connectivity index (χ1v) is 9.53. The summed E-state index contributed by atoms with van der Waals surface area (Å²) in [5.41, 5.74) is 1.30. The Morgan fingerprint density at radius 2 is 1.64 bits per heavy atom. The fourth-order valence-corrected chi connectivity index (χ4v) is 3.31. The van der Waals surface area contributed by atoms with E-state index in [1.807, 2.05) is 6.92 Å². The monoisotopic (exact) mass is 364 g/mol. The van der Waals surface area contributed by atoms with Crippen molar-refractivity contribution < 1.29 is 17.6 Å². The lowest BCUT2D eigenvalue weighted by atomic mass is 10.1. The minimum atomic E-state index is -3.53. The lowest BCUT2D eigenvalue weighted by Crippen LogP contribution is -2.26. The third-order valence-electron chi connectivity index (χ3n) is 3.58. The van der Waals surface area contributed by atoms with Crippen molar-refractivity contribution in [2.75, 3.05) is 13.1 Å². The van der Waals surface area contributed by atoms with Gasteiger partial charge in [-0.2, -0.15) is 0 Å². The van der Waals surface area contributed by atoms with Crippen LogP contribution in [-0.4, -0.2) is 27.4 Å². The molecule has 0 aliphatic carbocycles. The minimum absolute atomic E-state index is 0.129. The van der Waals surface area contributed by atoms with Gasteiger partial charge in [-0.25, -0.2) is 17.5 Å². The van der Waals surface area contributed by atoms with E-state index >= 15 is 0 Å². The number of nitrogens with one attached hydrogen (secondary N) is 2. The lowest BCUT2D eigenvalue weighted by molar-refractivity contribution is 0.0954. The molecule has 2 rings (SSSR count). The zero-order valence-corrected chi connectivity index (χ0v) is 14.8. The Kier molecular flexibility index (Phi) is 6.66. The Labute approximate surface area is 147 Å². The van der Waals surface area contributed by atoms with Crippen LogP contribution in [0.4, 0.5) is 4.39 Å². The second-order valence-electron chi connectivity index (χ2n) is 5.55. The summed E-state index contributed by atoms with van der Waals surface area (Å²) in [5.74, 6) is -0.580. The van der Waals surface area contributed by atoms with E-state index in [-0.39, 0.29) is 16.6 Å². The number of rotatable bonds is 8. The largest absolute Gasteiger partial charge is 0.352 e. The summed E-state index contributed by atoms with van der Waals surface area (Å²) in [6.45, 7) is 2.65. The third-order valence-corrected chi connectivity index (χ3v) is 5.06. The van der Waals surface area contributed by atoms with Crippen molar-refractivity contribution in [1.29, 1.82) is 0 Å². The van der Waals surface area contributed by atoms with E-state index in [2.05, 4.69) is 10.0 Å². The summed E-state index contributed by atoms with van der Waals surface area (Å²) in [6.07, 6.45) is 1.28. The molecule has 5 nitrogen and oxygen atoms in total. The highest BCUT2D eigenvalue weighted by atomic mass is 32.2. The molecule has 0 unspecified atom stereocenters. The zero-order valence-electron chi connectivity index (χ0n) is 14.0. The Balaban J connectivity index is 1.90. The van der Waals surface area contributed by atoms with Gasteiger partial charge in [0.25, 0.3) is 5.91 Å². The number of hydrogen-bond acceptors (Lipinski definition) is 3. The highest BCUT2D eigenvalue weighted by Crippen LogP contribution is 2.11. The van der Waals surface area contributed by atoms with Gasteiger partial charge in [-0.1, -0.05) is 19.1 Å². The van der Waals surface area contributed by atoms with E-state index in [0.717, 1.165) is 5.56 Å². The molecule has 0 saturated heterocycles. The molecule has 2 aromatic carbocycles. The van der Waals surface area contributed by atoms with Crippen LogP contribution in [0.1, 0.15) is 29.3 Å². The van der Waals surface area contributed by atoms with Gasteiger partial charge in [-0.15, -0.1) is 0 Å². The normalized spacial score (nSPS) is 11.3. The predicted molar refractivity (Wildman–Crippen MR) is 94.4 cm³/mol. The van der Waals surface area contributed by atoms with Crippen LogP contribution in [0.2, 0.25) is 0 Å². The summed E-state index contributed by atoms with van der Waals surface area (Å²) in [6, 6.07) is 11.9. The summed E-state index contributed by atoms with van der Waals surface area (Å²) in [5, 5.41) is 2.76. The van der Waals surface area contributed by atoms with Gasteiger partial charge in [0.2, 0.25) is 10.0 Å². The van der Waals surface area contributed by atoms with Gasteiger partial charge in [0.1, 0.15) is 5.82 Å². The van der Waals surface area contributed by atoms with Crippen molar-refractivity contribution in [2.24, 2.45) is 0 Å². The Bertz CT molecular complexity index is 803. The first-order valence-electron chi connectivity index (χ1n) is 8.05. The fraction of sp³-hybridized carbons (Fsp3) is 0.278. The number of carbonyl (C=O) groups is 1. The predicted octanol–water partition coefficient (Wildman–Crippen LogP) is 2.49. The number of sulfonamides is 1. The van der Waals surface area contributed by atoms with Gasteiger partial charge in [0.05, 0.1) is 4.90 Å². The second kappa shape index (κ2) is 8.73. The summed E-state index contributed by atoms with van der Waals surface area (Å²) in [4.78, 5) is 12.2. The van der Waals surface area contributed by atoms with Crippen LogP contribution in [0.5, 0.6) is 0 Å². The molecule has 0 spiro atoms. The van der Waals surface area contributed by atoms with Gasteiger partial charge < -0.3 is 5.32 Å². The molecule has 0 radical (unpaired) electrons. The number of hydrogen-bond donors (Lipinski definition) is 2. The molecule has 0 aliphatic rings. The number of halogens is 1. The van der Waals surface area contributed by atoms with E-state index in [4.69, 9.17) is 0 Å². The quantitative estimate of drug-likeness (QED) is 0.756. The molecule has 7 heteroatoms. The van der Waals surface area contributed by atoms with Gasteiger partial charge >= 0.3 is 0 Å². The van der Waals surface area contributed by atoms with Crippen LogP contribution < -0.4 is 10.0 Å². The molecule has 0 saturated carbocycles. The lowest BCUT2D eigenvalue weighted by Gasteiger charge is -2.08. The van der Waals surface area contributed by atoms with Crippen molar-refractivity contribution in [3.05, 3.63) is 65.5 Å². The molecule has 0 bridgehead atoms. The minimum Gasteiger partial charge on any atom is -0.352 e. The van der Waals surface area contributed by atoms with Crippen molar-refractivity contribution in [1.82, 2.24) is 10.0 Å². The molecule has 0 heterocycles. The van der Waals surface area contributed by atoms with Crippen LogP contribution in [0.25, 0.3) is 0 Å². The maximum absolute atomic E-state index is 12.8. The molecule has 0 aromatic heterocycles. The molecule has 25 heavy (non-hydrogen) atoms. The summed E-state index contributed by atoms with van der Waals surface area (Å²) >= 11 is 0. The molecule has 1 amide bonds. The maximum atomic E-state index is 12.8. The number of benzene rings is 2. The summed E-state index contributed by atoms with van der Waals surface area (Å²) < 4.78 is 39.3. The number of amides is 1. The fourth-order valence-electron chi connectivity index (χ4n) is 2.18. The molecular formula is C18H21FN2O3S. The molecule has 0 aliphatic heterocycles. The highest BCUT2D eigenvalue weighted by Gasteiger charge is 2.14. The van der Waals surface area contributed by atoms with Gasteiger partial charge in [-0.3, -0.25) is 4.79 Å². The maximum Gasteiger partial charge on any atom is 0.251 e. The van der Waals surface area contributed by atoms with Gasteiger partial charge in [0.15, 0.2) is 0 Å². The van der Waals surface area contributed by atoms with E-state index in [1.54, 1.807) is 12.1 Å². The molecule has 2 aromatic rings. The Morgan fingerprint density at radius 3 is 2.24 bits per heavy atom. The van der Waals surface area contributed by atoms with E-state index in [1.165, 1.54) is 36.4 Å². The average Bonchev–Trinajstić information content (AvgIpc) is 2.62. The second-order valence-corrected chi connectivity index (χ2v) is 7.32. The van der Waals surface area contributed by atoms with Crippen molar-refractivity contribution >= 4 is 15.9 Å². The molecule has 2 N–H and O–H groups in total. The first-order chi connectivity index (χ1) is 11.9. The van der Waals surface area contributed by atoms with Crippen LogP contribution in [-0.2, 0) is 16.4 Å². The van der Waals surface area contributed by atoms with Crippen molar-refractivity contribution in [3.8, 4) is 0 Å². The standard InChI is InChI=1S/C18H21FN2O3S/c1-2-12-21-25(23,24)17-9-5-15(6-10-17)18(22)20-13-11-14-3-7-16(19)8-4-14/h3-10,21H,2,11-13H2,1H3,(H,20,22). The van der Waals surface area contributed by atoms with E-state index in [0.29, 0.717) is 31.5 Å². The van der Waals surface area contributed by atoms with Crippen LogP contribution in [0.15, 0.2) is 53.4 Å². The van der Waals surface area contributed by atoms with Crippen LogP contribution in [0, 0.1) is 5.82 Å².